The van der Waals surface area contributed by atoms with Crippen molar-refractivity contribution in [2.45, 2.75) is 32.6 Å². The fourth-order valence-corrected chi connectivity index (χ4v) is 2.76. The number of ether oxygens (including phenoxy) is 1. The van der Waals surface area contributed by atoms with E-state index < -0.39 is 0 Å². The maximum absolute atomic E-state index is 11.9. The highest BCUT2D eigenvalue weighted by Gasteiger charge is 2.22. The van der Waals surface area contributed by atoms with Crippen LogP contribution in [0.15, 0.2) is 36.9 Å². The number of hydrogen-bond acceptors (Lipinski definition) is 6. The molecule has 1 fully saturated rings. The highest BCUT2D eigenvalue weighted by molar-refractivity contribution is 5.91. The highest BCUT2D eigenvalue weighted by atomic mass is 16.5. The number of hydrogen-bond donors (Lipinski definition) is 1. The van der Waals surface area contributed by atoms with E-state index in [0.29, 0.717) is 12.2 Å². The van der Waals surface area contributed by atoms with Crippen molar-refractivity contribution < 1.29 is 9.53 Å². The lowest BCUT2D eigenvalue weighted by molar-refractivity contribution is -0.00546. The quantitative estimate of drug-likeness (QED) is 0.915. The molecule has 1 aliphatic rings. The van der Waals surface area contributed by atoms with Gasteiger partial charge in [-0.1, -0.05) is 6.07 Å². The first-order chi connectivity index (χ1) is 11.6. The third-order valence-electron chi connectivity index (χ3n) is 3.80. The molecule has 1 saturated heterocycles. The molecule has 0 saturated carbocycles. The molecule has 0 radical (unpaired) electrons. The van der Waals surface area contributed by atoms with Gasteiger partial charge < -0.3 is 15.0 Å². The molecule has 2 atom stereocenters. The lowest BCUT2D eigenvalue weighted by atomic mass is 10.2. The van der Waals surface area contributed by atoms with Crippen molar-refractivity contribution in [2.24, 2.45) is 0 Å². The second kappa shape index (κ2) is 7.35. The Morgan fingerprint density at radius 2 is 2.00 bits per heavy atom. The minimum Gasteiger partial charge on any atom is -0.372 e. The van der Waals surface area contributed by atoms with E-state index in [0.717, 1.165) is 24.5 Å². The average molecular weight is 327 g/mol. The number of amides is 1. The molecule has 7 heteroatoms. The minimum atomic E-state index is -0.247. The Balaban J connectivity index is 1.58. The predicted molar refractivity (Wildman–Crippen MR) is 89.7 cm³/mol. The summed E-state index contributed by atoms with van der Waals surface area (Å²) >= 11 is 0. The summed E-state index contributed by atoms with van der Waals surface area (Å²) in [4.78, 5) is 26.5. The van der Waals surface area contributed by atoms with Gasteiger partial charge in [0.25, 0.3) is 5.91 Å². The second-order valence-electron chi connectivity index (χ2n) is 5.96. The van der Waals surface area contributed by atoms with Crippen LogP contribution in [0.25, 0.3) is 0 Å². The number of pyridine rings is 1. The second-order valence-corrected chi connectivity index (χ2v) is 5.96. The van der Waals surface area contributed by atoms with Gasteiger partial charge in [-0.05, 0) is 25.5 Å². The van der Waals surface area contributed by atoms with Gasteiger partial charge >= 0.3 is 0 Å². The van der Waals surface area contributed by atoms with Crippen molar-refractivity contribution >= 4 is 11.7 Å². The van der Waals surface area contributed by atoms with Crippen LogP contribution in [0, 0.1) is 0 Å². The maximum atomic E-state index is 11.9. The summed E-state index contributed by atoms with van der Waals surface area (Å²) in [7, 11) is 0. The van der Waals surface area contributed by atoms with Crippen LogP contribution < -0.4 is 10.2 Å². The van der Waals surface area contributed by atoms with Crippen LogP contribution in [0.2, 0.25) is 0 Å². The van der Waals surface area contributed by atoms with Gasteiger partial charge in [0.15, 0.2) is 0 Å². The summed E-state index contributed by atoms with van der Waals surface area (Å²) in [6, 6.07) is 3.96. The molecule has 3 rings (SSSR count). The molecular weight excluding hydrogens is 306 g/mol. The van der Waals surface area contributed by atoms with Gasteiger partial charge in [0.2, 0.25) is 0 Å². The van der Waals surface area contributed by atoms with Gasteiger partial charge in [0, 0.05) is 38.2 Å². The number of carbonyl (C=O) groups excluding carboxylic acids is 1. The molecule has 2 aromatic rings. The molecule has 0 spiro atoms. The van der Waals surface area contributed by atoms with E-state index >= 15 is 0 Å². The topological polar surface area (TPSA) is 80.2 Å². The average Bonchev–Trinajstić information content (AvgIpc) is 2.60. The molecule has 2 aromatic heterocycles. The van der Waals surface area contributed by atoms with Gasteiger partial charge in [-0.2, -0.15) is 0 Å². The van der Waals surface area contributed by atoms with E-state index in [2.05, 4.69) is 39.0 Å². The van der Waals surface area contributed by atoms with Crippen LogP contribution in [0.5, 0.6) is 0 Å². The van der Waals surface area contributed by atoms with E-state index in [1.807, 2.05) is 12.1 Å². The maximum Gasteiger partial charge on any atom is 0.271 e. The highest BCUT2D eigenvalue weighted by Crippen LogP contribution is 2.18. The summed E-state index contributed by atoms with van der Waals surface area (Å²) in [5, 5.41) is 2.81. The van der Waals surface area contributed by atoms with Gasteiger partial charge in [0.1, 0.15) is 11.5 Å². The molecular formula is C17H21N5O2. The van der Waals surface area contributed by atoms with Crippen LogP contribution >= 0.6 is 0 Å². The number of anilines is 1. The Morgan fingerprint density at radius 1 is 1.21 bits per heavy atom. The summed E-state index contributed by atoms with van der Waals surface area (Å²) < 4.78 is 5.74. The molecule has 0 unspecified atom stereocenters. The molecule has 0 aromatic carbocycles. The Hall–Kier alpha value is -2.54. The van der Waals surface area contributed by atoms with Crippen LogP contribution in [0.4, 0.5) is 5.82 Å². The minimum absolute atomic E-state index is 0.196. The van der Waals surface area contributed by atoms with Crippen molar-refractivity contribution in [2.75, 3.05) is 18.0 Å². The molecule has 1 amide bonds. The largest absolute Gasteiger partial charge is 0.372 e. The van der Waals surface area contributed by atoms with Crippen LogP contribution in [-0.4, -0.2) is 46.2 Å². The van der Waals surface area contributed by atoms with Gasteiger partial charge in [-0.15, -0.1) is 0 Å². The number of nitrogens with one attached hydrogen (secondary N) is 1. The van der Waals surface area contributed by atoms with Crippen LogP contribution in [0.3, 0.4) is 0 Å². The monoisotopic (exact) mass is 327 g/mol. The van der Waals surface area contributed by atoms with Gasteiger partial charge in [-0.3, -0.25) is 9.78 Å². The molecule has 0 aliphatic carbocycles. The first-order valence-corrected chi connectivity index (χ1v) is 8.01. The third kappa shape index (κ3) is 4.05. The molecule has 3 heterocycles. The molecule has 0 bridgehead atoms. The number of carbonyl (C=O) groups is 1. The zero-order chi connectivity index (χ0) is 16.9. The Kier molecular flexibility index (Phi) is 5.00. The number of rotatable bonds is 4. The van der Waals surface area contributed by atoms with E-state index in [1.54, 1.807) is 6.20 Å². The number of nitrogens with zero attached hydrogens (tertiary/aromatic N) is 4. The number of morpholine rings is 1. The fourth-order valence-electron chi connectivity index (χ4n) is 2.76. The van der Waals surface area contributed by atoms with Crippen LogP contribution in [0.1, 0.15) is 29.9 Å². The zero-order valence-corrected chi connectivity index (χ0v) is 13.8. The molecule has 126 valence electrons. The zero-order valence-electron chi connectivity index (χ0n) is 13.8. The Labute approximate surface area is 141 Å². The SMILES string of the molecule is C[C@H]1CN(c2ccc(CNC(=O)c3cnccn3)cn2)C[C@H](C)O1. The van der Waals surface area contributed by atoms with Crippen molar-refractivity contribution in [3.8, 4) is 0 Å². The summed E-state index contributed by atoms with van der Waals surface area (Å²) in [5.74, 6) is 0.684. The van der Waals surface area contributed by atoms with Crippen molar-refractivity contribution in [1.82, 2.24) is 20.3 Å². The van der Waals surface area contributed by atoms with E-state index in [1.165, 1.54) is 18.6 Å². The van der Waals surface area contributed by atoms with Crippen molar-refractivity contribution in [1.29, 1.82) is 0 Å². The Morgan fingerprint density at radius 3 is 2.62 bits per heavy atom. The summed E-state index contributed by atoms with van der Waals surface area (Å²) in [6.07, 6.45) is 6.65. The van der Waals surface area contributed by atoms with Crippen molar-refractivity contribution in [3.05, 3.63) is 48.2 Å². The lowest BCUT2D eigenvalue weighted by Gasteiger charge is -2.36. The molecule has 24 heavy (non-hydrogen) atoms. The first-order valence-electron chi connectivity index (χ1n) is 8.01. The summed E-state index contributed by atoms with van der Waals surface area (Å²) in [6.45, 7) is 6.21. The van der Waals surface area contributed by atoms with Crippen LogP contribution in [-0.2, 0) is 11.3 Å². The normalized spacial score (nSPS) is 20.7. The molecule has 1 N–H and O–H groups in total. The third-order valence-corrected chi connectivity index (χ3v) is 3.80. The smallest absolute Gasteiger partial charge is 0.271 e. The fraction of sp³-hybridized carbons (Fsp3) is 0.412. The van der Waals surface area contributed by atoms with E-state index in [4.69, 9.17) is 4.74 Å². The molecule has 1 aliphatic heterocycles. The van der Waals surface area contributed by atoms with Gasteiger partial charge in [0.05, 0.1) is 18.4 Å². The number of aromatic nitrogens is 3. The van der Waals surface area contributed by atoms with E-state index in [9.17, 15) is 4.79 Å². The van der Waals surface area contributed by atoms with Crippen molar-refractivity contribution in [3.63, 3.8) is 0 Å². The molecule has 7 nitrogen and oxygen atoms in total. The van der Waals surface area contributed by atoms with Gasteiger partial charge in [-0.25, -0.2) is 9.97 Å². The summed E-state index contributed by atoms with van der Waals surface area (Å²) in [5.41, 5.74) is 1.24. The predicted octanol–water partition coefficient (Wildman–Crippen LogP) is 1.42. The standard InChI is InChI=1S/C17H21N5O2/c1-12-10-22(11-13(2)24-12)16-4-3-14(7-20-16)8-21-17(23)15-9-18-5-6-19-15/h3-7,9,12-13H,8,10-11H2,1-2H3,(H,21,23)/t12-,13-/m0/s1. The van der Waals surface area contributed by atoms with E-state index in [-0.39, 0.29) is 18.1 Å². The lowest BCUT2D eigenvalue weighted by Crippen LogP contribution is -2.45. The Bertz CT molecular complexity index is 667. The first kappa shape index (κ1) is 16.3.